The minimum absolute atomic E-state index is 0.00420. The molecule has 21 heavy (non-hydrogen) atoms. The topological polar surface area (TPSA) is 55.8 Å². The Labute approximate surface area is 121 Å². The zero-order valence-corrected chi connectivity index (χ0v) is 11.9. The first-order valence-corrected chi connectivity index (χ1v) is 6.25. The first-order chi connectivity index (χ1) is 10.0. The predicted octanol–water partition coefficient (Wildman–Crippen LogP) is 3.48. The van der Waals surface area contributed by atoms with Gasteiger partial charge in [0.05, 0.1) is 19.8 Å². The summed E-state index contributed by atoms with van der Waals surface area (Å²) in [5, 5.41) is 10.2. The van der Waals surface area contributed by atoms with Crippen molar-refractivity contribution in [3.63, 3.8) is 0 Å². The lowest BCUT2D eigenvalue weighted by molar-refractivity contribution is -0.132. The standard InChI is InChI=1S/C16H15FO4/c1-9(16(18)19)8-12-13(17)15(21-3)11-7-5-4-6-10(11)14(12)20-2/h4-8H,1-3H3,(H,18,19)/b9-8-. The fourth-order valence-corrected chi connectivity index (χ4v) is 2.19. The number of ether oxygens (including phenoxy) is 2. The molecule has 2 aromatic rings. The molecule has 1 N–H and O–H groups in total. The van der Waals surface area contributed by atoms with Crippen LogP contribution in [0.3, 0.4) is 0 Å². The molecule has 0 unspecified atom stereocenters. The van der Waals surface area contributed by atoms with Gasteiger partial charge in [-0.25, -0.2) is 9.18 Å². The number of fused-ring (bicyclic) bond motifs is 1. The molecule has 0 bridgehead atoms. The summed E-state index contributed by atoms with van der Waals surface area (Å²) in [7, 11) is 2.79. The molecule has 2 aromatic carbocycles. The summed E-state index contributed by atoms with van der Waals surface area (Å²) in [6.07, 6.45) is 1.24. The molecule has 0 spiro atoms. The lowest BCUT2D eigenvalue weighted by Gasteiger charge is -2.15. The molecule has 0 saturated heterocycles. The zero-order chi connectivity index (χ0) is 15.6. The maximum atomic E-state index is 14.6. The van der Waals surface area contributed by atoms with Gasteiger partial charge in [0.15, 0.2) is 11.6 Å². The van der Waals surface area contributed by atoms with Crippen LogP contribution in [0.15, 0.2) is 29.8 Å². The summed E-state index contributed by atoms with van der Waals surface area (Å²) in [6, 6.07) is 7.04. The molecule has 0 saturated carbocycles. The second-order valence-corrected chi connectivity index (χ2v) is 4.47. The Morgan fingerprint density at radius 2 is 1.67 bits per heavy atom. The Balaban J connectivity index is 2.90. The average Bonchev–Trinajstić information content (AvgIpc) is 2.48. The van der Waals surface area contributed by atoms with Crippen molar-refractivity contribution in [2.24, 2.45) is 0 Å². The first kappa shape index (κ1) is 14.8. The maximum Gasteiger partial charge on any atom is 0.331 e. The number of halogens is 1. The fourth-order valence-electron chi connectivity index (χ4n) is 2.19. The van der Waals surface area contributed by atoms with Crippen molar-refractivity contribution >= 4 is 22.8 Å². The van der Waals surface area contributed by atoms with Crippen LogP contribution in [0.5, 0.6) is 11.5 Å². The van der Waals surface area contributed by atoms with Gasteiger partial charge in [0.25, 0.3) is 0 Å². The minimum atomic E-state index is -1.12. The summed E-state index contributed by atoms with van der Waals surface area (Å²) in [6.45, 7) is 1.39. The van der Waals surface area contributed by atoms with Gasteiger partial charge >= 0.3 is 5.97 Å². The molecule has 0 aliphatic rings. The van der Waals surface area contributed by atoms with Crippen molar-refractivity contribution in [1.29, 1.82) is 0 Å². The molecular formula is C16H15FO4. The maximum absolute atomic E-state index is 14.6. The third-order valence-electron chi connectivity index (χ3n) is 3.20. The van der Waals surface area contributed by atoms with Crippen molar-refractivity contribution in [2.75, 3.05) is 14.2 Å². The van der Waals surface area contributed by atoms with Crippen LogP contribution < -0.4 is 9.47 Å². The van der Waals surface area contributed by atoms with Crippen molar-refractivity contribution < 1.29 is 23.8 Å². The normalized spacial score (nSPS) is 11.5. The highest BCUT2D eigenvalue weighted by atomic mass is 19.1. The molecule has 0 atom stereocenters. The van der Waals surface area contributed by atoms with Crippen molar-refractivity contribution in [2.45, 2.75) is 6.92 Å². The van der Waals surface area contributed by atoms with E-state index in [0.717, 1.165) is 0 Å². The van der Waals surface area contributed by atoms with E-state index in [1.54, 1.807) is 24.3 Å². The number of methoxy groups -OCH3 is 2. The number of aliphatic carboxylic acids is 1. The molecule has 110 valence electrons. The van der Waals surface area contributed by atoms with Crippen molar-refractivity contribution in [1.82, 2.24) is 0 Å². The summed E-state index contributed by atoms with van der Waals surface area (Å²) in [5.74, 6) is -1.42. The van der Waals surface area contributed by atoms with E-state index in [1.165, 1.54) is 27.2 Å². The van der Waals surface area contributed by atoms with Gasteiger partial charge in [-0.3, -0.25) is 0 Å². The number of hydrogen-bond donors (Lipinski definition) is 1. The molecule has 0 radical (unpaired) electrons. The quantitative estimate of drug-likeness (QED) is 0.876. The van der Waals surface area contributed by atoms with Crippen LogP contribution in [0.25, 0.3) is 16.8 Å². The van der Waals surface area contributed by atoms with Gasteiger partial charge in [0.1, 0.15) is 5.75 Å². The van der Waals surface area contributed by atoms with E-state index in [0.29, 0.717) is 10.8 Å². The largest absolute Gasteiger partial charge is 0.495 e. The summed E-state index contributed by atoms with van der Waals surface area (Å²) in [4.78, 5) is 11.0. The van der Waals surface area contributed by atoms with Gasteiger partial charge in [-0.1, -0.05) is 24.3 Å². The Kier molecular flexibility index (Phi) is 4.12. The van der Waals surface area contributed by atoms with Crippen LogP contribution in [-0.2, 0) is 4.79 Å². The Morgan fingerprint density at radius 1 is 1.14 bits per heavy atom. The molecule has 0 aliphatic heterocycles. The molecule has 4 nitrogen and oxygen atoms in total. The molecule has 2 rings (SSSR count). The molecular weight excluding hydrogens is 275 g/mol. The summed E-state index contributed by atoms with van der Waals surface area (Å²) in [5.41, 5.74) is 0.0671. The van der Waals surface area contributed by atoms with E-state index in [9.17, 15) is 9.18 Å². The number of carbonyl (C=O) groups is 1. The van der Waals surface area contributed by atoms with Gasteiger partial charge < -0.3 is 14.6 Å². The predicted molar refractivity (Wildman–Crippen MR) is 78.3 cm³/mol. The first-order valence-electron chi connectivity index (χ1n) is 6.25. The lowest BCUT2D eigenvalue weighted by atomic mass is 10.0. The van der Waals surface area contributed by atoms with Crippen molar-refractivity contribution in [3.8, 4) is 11.5 Å². The number of hydrogen-bond acceptors (Lipinski definition) is 3. The molecule has 0 heterocycles. The van der Waals surface area contributed by atoms with Crippen LogP contribution in [-0.4, -0.2) is 25.3 Å². The summed E-state index contributed by atoms with van der Waals surface area (Å²) < 4.78 is 25.1. The van der Waals surface area contributed by atoms with E-state index in [1.807, 2.05) is 0 Å². The Bertz CT molecular complexity index is 735. The molecule has 0 aromatic heterocycles. The number of carboxylic acid groups (broad SMARTS) is 1. The molecule has 0 fully saturated rings. The molecule has 0 aliphatic carbocycles. The van der Waals surface area contributed by atoms with E-state index in [4.69, 9.17) is 14.6 Å². The number of benzene rings is 2. The summed E-state index contributed by atoms with van der Waals surface area (Å²) >= 11 is 0. The van der Waals surface area contributed by atoms with Gasteiger partial charge in [0.2, 0.25) is 0 Å². The highest BCUT2D eigenvalue weighted by molar-refractivity contribution is 5.99. The van der Waals surface area contributed by atoms with Gasteiger partial charge in [0, 0.05) is 16.3 Å². The van der Waals surface area contributed by atoms with E-state index in [2.05, 4.69) is 0 Å². The third-order valence-corrected chi connectivity index (χ3v) is 3.20. The van der Waals surface area contributed by atoms with Crippen LogP contribution in [0, 0.1) is 5.82 Å². The third kappa shape index (κ3) is 2.54. The van der Waals surface area contributed by atoms with Crippen LogP contribution in [0.1, 0.15) is 12.5 Å². The van der Waals surface area contributed by atoms with Gasteiger partial charge in [-0.05, 0) is 13.0 Å². The zero-order valence-electron chi connectivity index (χ0n) is 11.9. The highest BCUT2D eigenvalue weighted by Crippen LogP contribution is 2.40. The molecule has 5 heteroatoms. The SMILES string of the molecule is COc1c(F)c(/C=C(/C)C(=O)O)c(OC)c2ccccc12. The van der Waals surface area contributed by atoms with Crippen molar-refractivity contribution in [3.05, 3.63) is 41.2 Å². The minimum Gasteiger partial charge on any atom is -0.495 e. The van der Waals surface area contributed by atoms with E-state index < -0.39 is 11.8 Å². The fraction of sp³-hybridized carbons (Fsp3) is 0.188. The second kappa shape index (κ2) is 5.83. The molecule has 0 amide bonds. The van der Waals surface area contributed by atoms with Crippen LogP contribution in [0.4, 0.5) is 4.39 Å². The Morgan fingerprint density at radius 3 is 2.14 bits per heavy atom. The lowest BCUT2D eigenvalue weighted by Crippen LogP contribution is -2.01. The highest BCUT2D eigenvalue weighted by Gasteiger charge is 2.20. The van der Waals surface area contributed by atoms with E-state index in [-0.39, 0.29) is 22.6 Å². The van der Waals surface area contributed by atoms with Crippen LogP contribution in [0.2, 0.25) is 0 Å². The van der Waals surface area contributed by atoms with E-state index >= 15 is 0 Å². The smallest absolute Gasteiger partial charge is 0.331 e. The second-order valence-electron chi connectivity index (χ2n) is 4.47. The number of carboxylic acids is 1. The number of rotatable bonds is 4. The average molecular weight is 290 g/mol. The Hall–Kier alpha value is -2.56. The van der Waals surface area contributed by atoms with Gasteiger partial charge in [-0.15, -0.1) is 0 Å². The van der Waals surface area contributed by atoms with Crippen LogP contribution >= 0.6 is 0 Å². The van der Waals surface area contributed by atoms with Gasteiger partial charge in [-0.2, -0.15) is 0 Å². The monoisotopic (exact) mass is 290 g/mol.